The van der Waals surface area contributed by atoms with Crippen molar-refractivity contribution in [1.29, 1.82) is 0 Å². The first-order valence-electron chi connectivity index (χ1n) is 9.38. The Labute approximate surface area is 181 Å². The number of aromatic nitrogens is 1. The van der Waals surface area contributed by atoms with Gasteiger partial charge in [-0.15, -0.1) is 12.4 Å². The SMILES string of the molecule is Cl.NCCN(Cc1ccc(OCc2ccccc2)cc1)c1nc2ccccc2s1. The number of halogens is 1. The van der Waals surface area contributed by atoms with Crippen molar-refractivity contribution in [2.75, 3.05) is 18.0 Å². The molecule has 0 aliphatic carbocycles. The molecule has 0 saturated carbocycles. The molecule has 0 radical (unpaired) electrons. The molecule has 1 heterocycles. The largest absolute Gasteiger partial charge is 0.489 e. The van der Waals surface area contributed by atoms with Gasteiger partial charge in [0.1, 0.15) is 12.4 Å². The smallest absolute Gasteiger partial charge is 0.186 e. The van der Waals surface area contributed by atoms with Crippen LogP contribution in [0.3, 0.4) is 0 Å². The van der Waals surface area contributed by atoms with Gasteiger partial charge in [0.25, 0.3) is 0 Å². The normalized spacial score (nSPS) is 10.5. The lowest BCUT2D eigenvalue weighted by molar-refractivity contribution is 0.306. The number of hydrogen-bond donors (Lipinski definition) is 1. The summed E-state index contributed by atoms with van der Waals surface area (Å²) in [5, 5.41) is 1.01. The van der Waals surface area contributed by atoms with Gasteiger partial charge in [-0.1, -0.05) is 65.9 Å². The lowest BCUT2D eigenvalue weighted by Gasteiger charge is -2.21. The van der Waals surface area contributed by atoms with Crippen molar-refractivity contribution in [3.8, 4) is 5.75 Å². The summed E-state index contributed by atoms with van der Waals surface area (Å²) in [5.74, 6) is 0.873. The second-order valence-corrected chi connectivity index (χ2v) is 7.60. The second-order valence-electron chi connectivity index (χ2n) is 6.59. The van der Waals surface area contributed by atoms with Gasteiger partial charge < -0.3 is 15.4 Å². The maximum atomic E-state index is 5.88. The predicted molar refractivity (Wildman–Crippen MR) is 124 cm³/mol. The Morgan fingerprint density at radius 1 is 0.862 bits per heavy atom. The Balaban J connectivity index is 0.00000240. The number of hydrogen-bond acceptors (Lipinski definition) is 5. The van der Waals surface area contributed by atoms with Crippen LogP contribution in [0.4, 0.5) is 5.13 Å². The number of thiazole rings is 1. The molecule has 29 heavy (non-hydrogen) atoms. The van der Waals surface area contributed by atoms with Gasteiger partial charge in [-0.25, -0.2) is 4.98 Å². The number of nitrogens with two attached hydrogens (primary N) is 1. The van der Waals surface area contributed by atoms with Crippen LogP contribution in [0.2, 0.25) is 0 Å². The number of ether oxygens (including phenoxy) is 1. The molecule has 150 valence electrons. The van der Waals surface area contributed by atoms with Gasteiger partial charge in [0.05, 0.1) is 10.2 Å². The molecule has 0 fully saturated rings. The zero-order valence-electron chi connectivity index (χ0n) is 16.0. The highest BCUT2D eigenvalue weighted by atomic mass is 35.5. The summed E-state index contributed by atoms with van der Waals surface area (Å²) in [4.78, 5) is 7.01. The number of nitrogens with zero attached hydrogens (tertiary/aromatic N) is 2. The Morgan fingerprint density at radius 2 is 1.59 bits per heavy atom. The Hall–Kier alpha value is -2.60. The highest BCUT2D eigenvalue weighted by Crippen LogP contribution is 2.29. The van der Waals surface area contributed by atoms with Crippen molar-refractivity contribution < 1.29 is 4.74 Å². The fourth-order valence-corrected chi connectivity index (χ4v) is 4.04. The van der Waals surface area contributed by atoms with Crippen LogP contribution in [0.5, 0.6) is 5.75 Å². The average Bonchev–Trinajstić information content (AvgIpc) is 3.18. The lowest BCUT2D eigenvalue weighted by Crippen LogP contribution is -2.28. The highest BCUT2D eigenvalue weighted by Gasteiger charge is 2.12. The fraction of sp³-hybridized carbons (Fsp3) is 0.174. The molecule has 4 nitrogen and oxygen atoms in total. The average molecular weight is 426 g/mol. The number of anilines is 1. The minimum absolute atomic E-state index is 0. The first-order chi connectivity index (χ1) is 13.8. The van der Waals surface area contributed by atoms with Gasteiger partial charge in [0, 0.05) is 19.6 Å². The van der Waals surface area contributed by atoms with Crippen molar-refractivity contribution in [1.82, 2.24) is 4.98 Å². The van der Waals surface area contributed by atoms with Gasteiger partial charge in [-0.2, -0.15) is 0 Å². The van der Waals surface area contributed by atoms with Crippen molar-refractivity contribution in [3.63, 3.8) is 0 Å². The second kappa shape index (κ2) is 10.3. The molecule has 2 N–H and O–H groups in total. The molecule has 6 heteroatoms. The topological polar surface area (TPSA) is 51.4 Å². The van der Waals surface area contributed by atoms with Crippen LogP contribution in [0.1, 0.15) is 11.1 Å². The Kier molecular flexibility index (Phi) is 7.47. The maximum Gasteiger partial charge on any atom is 0.186 e. The first kappa shape index (κ1) is 21.1. The van der Waals surface area contributed by atoms with Crippen LogP contribution in [0.15, 0.2) is 78.9 Å². The predicted octanol–water partition coefficient (Wildman–Crippen LogP) is 5.26. The molecule has 0 atom stereocenters. The first-order valence-corrected chi connectivity index (χ1v) is 10.2. The van der Waals surface area contributed by atoms with E-state index in [1.54, 1.807) is 11.3 Å². The summed E-state index contributed by atoms with van der Waals surface area (Å²) < 4.78 is 7.08. The third kappa shape index (κ3) is 5.48. The van der Waals surface area contributed by atoms with Crippen LogP contribution in [-0.4, -0.2) is 18.1 Å². The molecule has 3 aromatic carbocycles. The molecule has 0 aliphatic heterocycles. The van der Waals surface area contributed by atoms with E-state index >= 15 is 0 Å². The van der Waals surface area contributed by atoms with E-state index < -0.39 is 0 Å². The van der Waals surface area contributed by atoms with E-state index in [4.69, 9.17) is 15.5 Å². The summed E-state index contributed by atoms with van der Waals surface area (Å²) in [6.45, 7) is 2.71. The van der Waals surface area contributed by atoms with E-state index in [1.165, 1.54) is 10.3 Å². The summed E-state index contributed by atoms with van der Waals surface area (Å²) >= 11 is 1.71. The van der Waals surface area contributed by atoms with Crippen molar-refractivity contribution in [3.05, 3.63) is 90.0 Å². The van der Waals surface area contributed by atoms with Gasteiger partial charge in [-0.3, -0.25) is 0 Å². The van der Waals surface area contributed by atoms with Crippen LogP contribution in [0.25, 0.3) is 10.2 Å². The zero-order valence-corrected chi connectivity index (χ0v) is 17.7. The molecule has 1 aromatic heterocycles. The number of fused-ring (bicyclic) bond motifs is 1. The van der Waals surface area contributed by atoms with Crippen molar-refractivity contribution in [2.45, 2.75) is 13.2 Å². The molecule has 4 aromatic rings. The van der Waals surface area contributed by atoms with Gasteiger partial charge >= 0.3 is 0 Å². The third-order valence-corrected chi connectivity index (χ3v) is 5.59. The summed E-state index contributed by atoms with van der Waals surface area (Å²) in [6, 6.07) is 26.7. The van der Waals surface area contributed by atoms with Crippen LogP contribution < -0.4 is 15.4 Å². The van der Waals surface area contributed by atoms with E-state index in [9.17, 15) is 0 Å². The lowest BCUT2D eigenvalue weighted by atomic mass is 10.2. The highest BCUT2D eigenvalue weighted by molar-refractivity contribution is 7.22. The monoisotopic (exact) mass is 425 g/mol. The van der Waals surface area contributed by atoms with E-state index in [2.05, 4.69) is 41.3 Å². The quantitative estimate of drug-likeness (QED) is 0.418. The molecule has 0 bridgehead atoms. The van der Waals surface area contributed by atoms with Crippen molar-refractivity contribution >= 4 is 39.1 Å². The summed E-state index contributed by atoms with van der Waals surface area (Å²) in [7, 11) is 0. The minimum Gasteiger partial charge on any atom is -0.489 e. The van der Waals surface area contributed by atoms with Crippen LogP contribution in [0, 0.1) is 0 Å². The fourth-order valence-electron chi connectivity index (χ4n) is 3.05. The Bertz CT molecular complexity index is 988. The minimum atomic E-state index is 0. The van der Waals surface area contributed by atoms with Crippen LogP contribution in [-0.2, 0) is 13.2 Å². The third-order valence-electron chi connectivity index (χ3n) is 4.50. The Morgan fingerprint density at radius 3 is 2.31 bits per heavy atom. The van der Waals surface area contributed by atoms with Gasteiger partial charge in [0.15, 0.2) is 5.13 Å². The van der Waals surface area contributed by atoms with E-state index in [-0.39, 0.29) is 12.4 Å². The molecular formula is C23H24ClN3OS. The molecule has 0 aliphatic rings. The molecule has 0 unspecified atom stereocenters. The van der Waals surface area contributed by atoms with E-state index in [0.717, 1.165) is 35.1 Å². The molecule has 4 rings (SSSR count). The van der Waals surface area contributed by atoms with Gasteiger partial charge in [-0.05, 0) is 35.4 Å². The zero-order chi connectivity index (χ0) is 19.2. The number of rotatable bonds is 8. The maximum absolute atomic E-state index is 5.88. The molecule has 0 amide bonds. The van der Waals surface area contributed by atoms with E-state index in [0.29, 0.717) is 13.2 Å². The number of para-hydroxylation sites is 1. The molecule has 0 saturated heterocycles. The number of benzene rings is 3. The van der Waals surface area contributed by atoms with E-state index in [1.807, 2.05) is 42.5 Å². The summed E-state index contributed by atoms with van der Waals surface area (Å²) in [6.07, 6.45) is 0. The molecule has 0 spiro atoms. The standard InChI is InChI=1S/C23H23N3OS.ClH/c24-14-15-26(23-25-21-8-4-5-9-22(21)28-23)16-18-10-12-20(13-11-18)27-17-19-6-2-1-3-7-19;/h1-13H,14-17,24H2;1H. The van der Waals surface area contributed by atoms with Crippen LogP contribution >= 0.6 is 23.7 Å². The summed E-state index contributed by atoms with van der Waals surface area (Å²) in [5.41, 5.74) is 9.26. The molecular weight excluding hydrogens is 402 g/mol. The van der Waals surface area contributed by atoms with Gasteiger partial charge in [0.2, 0.25) is 0 Å². The van der Waals surface area contributed by atoms with Crippen molar-refractivity contribution in [2.24, 2.45) is 5.73 Å².